The number of ether oxygens (including phenoxy) is 2. The van der Waals surface area contributed by atoms with Crippen molar-refractivity contribution in [3.63, 3.8) is 0 Å². The Hall–Kier alpha value is -5.78. The predicted molar refractivity (Wildman–Crippen MR) is 229 cm³/mol. The summed E-state index contributed by atoms with van der Waals surface area (Å²) in [6, 6.07) is 18.4. The molecule has 4 aromatic heterocycles. The molecule has 0 spiro atoms. The van der Waals surface area contributed by atoms with Crippen LogP contribution in [0.3, 0.4) is 0 Å². The number of aromatic carboxylic acids is 1. The van der Waals surface area contributed by atoms with Gasteiger partial charge >= 0.3 is 5.97 Å². The first-order valence-electron chi connectivity index (χ1n) is 19.2. The monoisotopic (exact) mass is 818 g/mol. The van der Waals surface area contributed by atoms with Gasteiger partial charge in [-0.2, -0.15) is 5.10 Å². The molecule has 1 aliphatic heterocycles. The van der Waals surface area contributed by atoms with E-state index < -0.39 is 5.97 Å². The molecule has 0 aliphatic carbocycles. The lowest BCUT2D eigenvalue weighted by molar-refractivity contribution is 0.0699. The van der Waals surface area contributed by atoms with E-state index in [1.165, 1.54) is 0 Å². The third-order valence-electron chi connectivity index (χ3n) is 11.3. The third kappa shape index (κ3) is 6.46. The molecule has 0 fully saturated rings. The van der Waals surface area contributed by atoms with Crippen LogP contribution in [-0.4, -0.2) is 61.1 Å². The first-order chi connectivity index (χ1) is 27.8. The summed E-state index contributed by atoms with van der Waals surface area (Å²) < 4.78 is 17.6. The Bertz CT molecular complexity index is 2760. The van der Waals surface area contributed by atoms with E-state index in [1.54, 1.807) is 30.3 Å². The summed E-state index contributed by atoms with van der Waals surface area (Å²) in [6.07, 6.45) is 2.80. The number of carbonyl (C=O) groups excluding carboxylic acids is 1. The number of halogens is 2. The lowest BCUT2D eigenvalue weighted by atomic mass is 9.98. The average Bonchev–Trinajstić information content (AvgIpc) is 3.79. The van der Waals surface area contributed by atoms with Gasteiger partial charge in [0.15, 0.2) is 0 Å². The Morgan fingerprint density at radius 3 is 2.38 bits per heavy atom. The van der Waals surface area contributed by atoms with Crippen LogP contribution in [0.4, 0.5) is 5.82 Å². The summed E-state index contributed by atoms with van der Waals surface area (Å²) in [5, 5.41) is 18.3. The van der Waals surface area contributed by atoms with Crippen molar-refractivity contribution in [2.75, 3.05) is 25.2 Å². The number of methoxy groups -OCH3 is 1. The van der Waals surface area contributed by atoms with E-state index >= 15 is 4.79 Å². The molecule has 5 heterocycles. The Morgan fingerprint density at radius 2 is 1.72 bits per heavy atom. The van der Waals surface area contributed by atoms with Gasteiger partial charge in [0.05, 0.1) is 47.7 Å². The van der Waals surface area contributed by atoms with Gasteiger partial charge in [-0.1, -0.05) is 35.3 Å². The topological polar surface area (TPSA) is 117 Å². The summed E-state index contributed by atoms with van der Waals surface area (Å²) in [4.78, 5) is 35.1. The fraction of sp³-hybridized carbons (Fsp3) is 0.289. The minimum Gasteiger partial charge on any atom is -0.497 e. The van der Waals surface area contributed by atoms with Crippen molar-refractivity contribution in [1.29, 1.82) is 0 Å². The summed E-state index contributed by atoms with van der Waals surface area (Å²) in [5.74, 6) is 0.0643. The van der Waals surface area contributed by atoms with Crippen LogP contribution in [0, 0.1) is 27.7 Å². The van der Waals surface area contributed by atoms with Crippen molar-refractivity contribution < 1.29 is 24.2 Å². The van der Waals surface area contributed by atoms with Crippen LogP contribution in [0.5, 0.6) is 11.5 Å². The standard InChI is InChI=1S/C45H44Cl2N6O5/c1-24-19-31(20-25(2)40(24)47)58-18-10-12-32-33-14-15-35(46)39(37-27(4)49-50(6)28(37)5)41(33)53-26(3)22-52(44(54)42(32)53)43-38(45(55)56)34-21-30(57-7)13-16-36(34)51(43)23-29-11-8-9-17-48-29/h8-9,11,13-17,19-21,26H,10,12,18,22-23H2,1-7H3,(H,55,56)/t26-/m1/s1. The van der Waals surface area contributed by atoms with Crippen LogP contribution in [0.2, 0.25) is 10.0 Å². The maximum atomic E-state index is 15.5. The largest absolute Gasteiger partial charge is 0.497 e. The van der Waals surface area contributed by atoms with Gasteiger partial charge in [0.25, 0.3) is 5.91 Å². The van der Waals surface area contributed by atoms with E-state index in [0.717, 1.165) is 55.9 Å². The number of fused-ring (bicyclic) bond motifs is 4. The van der Waals surface area contributed by atoms with Gasteiger partial charge in [-0.05, 0) is 113 Å². The molecular weight excluding hydrogens is 775 g/mol. The number of benzene rings is 3. The molecule has 298 valence electrons. The van der Waals surface area contributed by atoms with E-state index in [9.17, 15) is 9.90 Å². The number of carboxylic acid groups (broad SMARTS) is 1. The second-order valence-corrected chi connectivity index (χ2v) is 15.9. The average molecular weight is 820 g/mol. The zero-order valence-corrected chi connectivity index (χ0v) is 35.0. The Kier molecular flexibility index (Phi) is 10.2. The number of carbonyl (C=O) groups is 2. The van der Waals surface area contributed by atoms with E-state index in [-0.39, 0.29) is 36.4 Å². The van der Waals surface area contributed by atoms with E-state index in [0.29, 0.717) is 57.5 Å². The summed E-state index contributed by atoms with van der Waals surface area (Å²) >= 11 is 13.6. The minimum absolute atomic E-state index is 0.0174. The lowest BCUT2D eigenvalue weighted by Gasteiger charge is -2.35. The van der Waals surface area contributed by atoms with Crippen LogP contribution in [0.25, 0.3) is 32.9 Å². The number of aryl methyl sites for hydroxylation is 5. The second-order valence-electron chi connectivity index (χ2n) is 15.1. The van der Waals surface area contributed by atoms with Crippen molar-refractivity contribution in [3.05, 3.63) is 122 Å². The number of anilines is 1. The maximum Gasteiger partial charge on any atom is 0.340 e. The highest BCUT2D eigenvalue weighted by atomic mass is 35.5. The van der Waals surface area contributed by atoms with Crippen LogP contribution in [0.1, 0.15) is 74.0 Å². The van der Waals surface area contributed by atoms with Crippen LogP contribution < -0.4 is 14.4 Å². The van der Waals surface area contributed by atoms with E-state index in [2.05, 4.69) is 16.5 Å². The van der Waals surface area contributed by atoms with Gasteiger partial charge in [0, 0.05) is 58.4 Å². The number of rotatable bonds is 11. The molecule has 11 nitrogen and oxygen atoms in total. The first-order valence-corrected chi connectivity index (χ1v) is 20.0. The van der Waals surface area contributed by atoms with Gasteiger partial charge in [-0.25, -0.2) is 4.79 Å². The quantitative estimate of drug-likeness (QED) is 0.129. The molecule has 1 N–H and O–H groups in total. The molecule has 13 heteroatoms. The van der Waals surface area contributed by atoms with Gasteiger partial charge in [0.1, 0.15) is 28.6 Å². The zero-order chi connectivity index (χ0) is 41.2. The minimum atomic E-state index is -1.15. The number of nitrogens with zero attached hydrogens (tertiary/aromatic N) is 6. The Morgan fingerprint density at radius 1 is 0.966 bits per heavy atom. The summed E-state index contributed by atoms with van der Waals surface area (Å²) in [5.41, 5.74) is 8.93. The van der Waals surface area contributed by atoms with Crippen LogP contribution in [-0.2, 0) is 20.0 Å². The SMILES string of the molecule is COc1ccc2c(c1)c(C(=O)O)c(N1C[C@@H](C)n3c(c(CCCOc4cc(C)c(Cl)c(C)c4)c4ccc(Cl)c(-c5c(C)nn(C)c5C)c43)C1=O)n2Cc1ccccn1. The van der Waals surface area contributed by atoms with Crippen molar-refractivity contribution in [3.8, 4) is 22.6 Å². The molecule has 1 amide bonds. The number of hydrogen-bond donors (Lipinski definition) is 1. The van der Waals surface area contributed by atoms with Crippen molar-refractivity contribution in [2.45, 2.75) is 60.0 Å². The number of carboxylic acids is 1. The fourth-order valence-corrected chi connectivity index (χ4v) is 9.02. The van der Waals surface area contributed by atoms with E-state index in [1.807, 2.05) is 92.5 Å². The molecule has 8 rings (SSSR count). The zero-order valence-electron chi connectivity index (χ0n) is 33.5. The van der Waals surface area contributed by atoms with Crippen molar-refractivity contribution in [2.24, 2.45) is 7.05 Å². The predicted octanol–water partition coefficient (Wildman–Crippen LogP) is 9.92. The number of aromatic nitrogens is 5. The van der Waals surface area contributed by atoms with Crippen molar-refractivity contribution >= 4 is 62.7 Å². The molecule has 3 aromatic carbocycles. The van der Waals surface area contributed by atoms with Gasteiger partial charge in [-0.15, -0.1) is 0 Å². The molecule has 0 unspecified atom stereocenters. The molecule has 1 aliphatic rings. The maximum absolute atomic E-state index is 15.5. The van der Waals surface area contributed by atoms with Gasteiger partial charge < -0.3 is 23.7 Å². The first kappa shape index (κ1) is 39.1. The highest BCUT2D eigenvalue weighted by Gasteiger charge is 2.40. The van der Waals surface area contributed by atoms with Gasteiger partial charge in [0.2, 0.25) is 0 Å². The molecular formula is C45H44Cl2N6O5. The molecule has 0 radical (unpaired) electrons. The molecule has 0 saturated carbocycles. The lowest BCUT2D eigenvalue weighted by Crippen LogP contribution is -2.44. The molecule has 58 heavy (non-hydrogen) atoms. The highest BCUT2D eigenvalue weighted by Crippen LogP contribution is 2.46. The van der Waals surface area contributed by atoms with Crippen LogP contribution in [0.15, 0.2) is 66.9 Å². The normalized spacial score (nSPS) is 14.1. The third-order valence-corrected chi connectivity index (χ3v) is 12.2. The Labute approximate surface area is 346 Å². The number of amides is 1. The smallest absolute Gasteiger partial charge is 0.340 e. The van der Waals surface area contributed by atoms with Crippen LogP contribution >= 0.6 is 23.2 Å². The summed E-state index contributed by atoms with van der Waals surface area (Å²) in [7, 11) is 3.45. The number of hydrogen-bond acceptors (Lipinski definition) is 6. The van der Waals surface area contributed by atoms with E-state index in [4.69, 9.17) is 37.8 Å². The molecule has 7 aromatic rings. The highest BCUT2D eigenvalue weighted by molar-refractivity contribution is 6.35. The fourth-order valence-electron chi connectivity index (χ4n) is 8.66. The molecule has 0 saturated heterocycles. The summed E-state index contributed by atoms with van der Waals surface area (Å²) in [6.45, 7) is 10.8. The number of pyridine rings is 1. The molecule has 0 bridgehead atoms. The molecule has 1 atom stereocenters. The van der Waals surface area contributed by atoms with Gasteiger partial charge in [-0.3, -0.25) is 19.4 Å². The van der Waals surface area contributed by atoms with Crippen molar-refractivity contribution in [1.82, 2.24) is 23.9 Å². The Balaban J connectivity index is 1.32. The second kappa shape index (κ2) is 15.2.